The van der Waals surface area contributed by atoms with Crippen molar-refractivity contribution in [3.8, 4) is 0 Å². The van der Waals surface area contributed by atoms with Crippen molar-refractivity contribution in [2.75, 3.05) is 20.6 Å². The van der Waals surface area contributed by atoms with Gasteiger partial charge in [-0.05, 0) is 24.6 Å². The lowest BCUT2D eigenvalue weighted by Crippen LogP contribution is -2.27. The number of aryl methyl sites for hydroxylation is 1. The third-order valence-electron chi connectivity index (χ3n) is 3.36. The van der Waals surface area contributed by atoms with Crippen LogP contribution in [0.25, 0.3) is 0 Å². The van der Waals surface area contributed by atoms with Crippen molar-refractivity contribution < 1.29 is 17.6 Å². The zero-order valence-electron chi connectivity index (χ0n) is 13.2. The minimum absolute atomic E-state index is 0.131. The summed E-state index contributed by atoms with van der Waals surface area (Å²) in [6.07, 6.45) is 3.38. The van der Waals surface area contributed by atoms with Gasteiger partial charge in [0.05, 0.1) is 10.6 Å². The number of carbonyl (C=O) groups is 1. The van der Waals surface area contributed by atoms with Crippen molar-refractivity contribution in [3.63, 3.8) is 0 Å². The number of hydrogen-bond donors (Lipinski definition) is 1. The van der Waals surface area contributed by atoms with E-state index in [9.17, 15) is 13.2 Å². The lowest BCUT2D eigenvalue weighted by atomic mass is 10.1. The first-order valence-electron chi connectivity index (χ1n) is 7.01. The molecule has 0 aliphatic rings. The van der Waals surface area contributed by atoms with Crippen LogP contribution in [0.4, 0.5) is 0 Å². The predicted octanol–water partition coefficient (Wildman–Crippen LogP) is 1.21. The molecule has 0 aliphatic carbocycles. The second-order valence-electron chi connectivity index (χ2n) is 5.25. The number of hydrogen-bond acceptors (Lipinski definition) is 5. The maximum atomic E-state index is 12.3. The van der Waals surface area contributed by atoms with E-state index in [0.717, 1.165) is 10.00 Å². The molecule has 1 amide bonds. The zero-order chi connectivity index (χ0) is 17.0. The highest BCUT2D eigenvalue weighted by Gasteiger charge is 2.21. The number of nitrogens with zero attached hydrogens (tertiary/aromatic N) is 2. The third-order valence-corrected chi connectivity index (χ3v) is 5.32. The number of benzene rings is 1. The van der Waals surface area contributed by atoms with E-state index in [-0.39, 0.29) is 10.8 Å². The first-order valence-corrected chi connectivity index (χ1v) is 8.45. The molecule has 1 heterocycles. The molecule has 0 bridgehead atoms. The molecule has 0 saturated heterocycles. The summed E-state index contributed by atoms with van der Waals surface area (Å²) in [7, 11) is -0.673. The largest absolute Gasteiger partial charge is 0.451 e. The molecule has 8 heteroatoms. The van der Waals surface area contributed by atoms with Gasteiger partial charge in [-0.1, -0.05) is 6.07 Å². The van der Waals surface area contributed by atoms with Crippen LogP contribution in [-0.2, 0) is 16.4 Å². The first kappa shape index (κ1) is 17.2. The summed E-state index contributed by atoms with van der Waals surface area (Å²) in [6, 6.07) is 4.63. The molecule has 0 radical (unpaired) electrons. The van der Waals surface area contributed by atoms with Crippen LogP contribution in [0.1, 0.15) is 21.6 Å². The Morgan fingerprint density at radius 3 is 2.70 bits per heavy atom. The molecule has 7 nitrogen and oxygen atoms in total. The van der Waals surface area contributed by atoms with Crippen molar-refractivity contribution in [1.29, 1.82) is 0 Å². The highest BCUT2D eigenvalue weighted by Crippen LogP contribution is 2.19. The van der Waals surface area contributed by atoms with Crippen LogP contribution in [0, 0.1) is 6.92 Å². The van der Waals surface area contributed by atoms with Crippen LogP contribution in [0.5, 0.6) is 0 Å². The summed E-state index contributed by atoms with van der Waals surface area (Å²) in [5.41, 5.74) is 1.64. The fourth-order valence-corrected chi connectivity index (χ4v) is 3.13. The molecule has 0 spiro atoms. The standard InChI is InChI=1S/C15H19N3O4S/c1-11-4-5-12(8-14(11)23(20,21)18(2)3)15(19)16-7-6-13-9-22-10-17-13/h4-5,8-10H,6-7H2,1-3H3,(H,16,19). The van der Waals surface area contributed by atoms with Gasteiger partial charge in [-0.3, -0.25) is 4.79 Å². The van der Waals surface area contributed by atoms with Crippen molar-refractivity contribution >= 4 is 15.9 Å². The lowest BCUT2D eigenvalue weighted by molar-refractivity contribution is 0.0954. The van der Waals surface area contributed by atoms with Crippen LogP contribution in [0.2, 0.25) is 0 Å². The zero-order valence-corrected chi connectivity index (χ0v) is 14.1. The van der Waals surface area contributed by atoms with Gasteiger partial charge in [0.15, 0.2) is 6.39 Å². The van der Waals surface area contributed by atoms with Crippen LogP contribution < -0.4 is 5.32 Å². The molecule has 0 fully saturated rings. The van der Waals surface area contributed by atoms with Crippen molar-refractivity contribution in [2.45, 2.75) is 18.2 Å². The first-order chi connectivity index (χ1) is 10.8. The Bertz CT molecular complexity index is 783. The normalized spacial score (nSPS) is 11.7. The van der Waals surface area contributed by atoms with Gasteiger partial charge >= 0.3 is 0 Å². The smallest absolute Gasteiger partial charge is 0.251 e. The van der Waals surface area contributed by atoms with Crippen molar-refractivity contribution in [1.82, 2.24) is 14.6 Å². The van der Waals surface area contributed by atoms with Gasteiger partial charge in [0, 0.05) is 32.6 Å². The fourth-order valence-electron chi connectivity index (χ4n) is 1.98. The van der Waals surface area contributed by atoms with E-state index in [1.807, 2.05) is 0 Å². The Balaban J connectivity index is 2.12. The second kappa shape index (κ2) is 6.93. The minimum Gasteiger partial charge on any atom is -0.451 e. The van der Waals surface area contributed by atoms with Crippen molar-refractivity contribution in [2.24, 2.45) is 0 Å². The van der Waals surface area contributed by atoms with Crippen LogP contribution in [0.3, 0.4) is 0 Å². The molecule has 23 heavy (non-hydrogen) atoms. The van der Waals surface area contributed by atoms with E-state index < -0.39 is 10.0 Å². The van der Waals surface area contributed by atoms with Gasteiger partial charge in [0.1, 0.15) is 6.26 Å². The Morgan fingerprint density at radius 2 is 2.09 bits per heavy atom. The second-order valence-corrected chi connectivity index (χ2v) is 7.37. The molecule has 1 aromatic carbocycles. The molecule has 0 saturated carbocycles. The summed E-state index contributed by atoms with van der Waals surface area (Å²) >= 11 is 0. The fraction of sp³-hybridized carbons (Fsp3) is 0.333. The Morgan fingerprint density at radius 1 is 1.35 bits per heavy atom. The maximum Gasteiger partial charge on any atom is 0.251 e. The van der Waals surface area contributed by atoms with Crippen LogP contribution >= 0.6 is 0 Å². The number of aromatic nitrogens is 1. The third kappa shape index (κ3) is 3.96. The average Bonchev–Trinajstić information content (AvgIpc) is 3.00. The molecule has 0 unspecified atom stereocenters. The van der Waals surface area contributed by atoms with E-state index in [1.165, 1.54) is 32.8 Å². The van der Waals surface area contributed by atoms with Gasteiger partial charge in [-0.25, -0.2) is 17.7 Å². The van der Waals surface area contributed by atoms with E-state index in [2.05, 4.69) is 10.3 Å². The predicted molar refractivity (Wildman–Crippen MR) is 84.6 cm³/mol. The lowest BCUT2D eigenvalue weighted by Gasteiger charge is -2.14. The topological polar surface area (TPSA) is 92.5 Å². The van der Waals surface area contributed by atoms with Gasteiger partial charge in [0.2, 0.25) is 10.0 Å². The average molecular weight is 337 g/mol. The number of rotatable bonds is 6. The van der Waals surface area contributed by atoms with E-state index in [0.29, 0.717) is 24.1 Å². The Hall–Kier alpha value is -2.19. The number of amides is 1. The van der Waals surface area contributed by atoms with Crippen molar-refractivity contribution in [3.05, 3.63) is 47.7 Å². The number of oxazole rings is 1. The minimum atomic E-state index is -3.59. The molecule has 0 atom stereocenters. The summed E-state index contributed by atoms with van der Waals surface area (Å²) in [4.78, 5) is 16.3. The summed E-state index contributed by atoms with van der Waals surface area (Å²) < 4.78 is 30.5. The molecule has 1 N–H and O–H groups in total. The quantitative estimate of drug-likeness (QED) is 0.855. The SMILES string of the molecule is Cc1ccc(C(=O)NCCc2cocn2)cc1S(=O)(=O)N(C)C. The van der Waals surface area contributed by atoms with Crippen LogP contribution in [-0.4, -0.2) is 44.3 Å². The summed E-state index contributed by atoms with van der Waals surface area (Å²) in [5, 5.41) is 2.74. The van der Waals surface area contributed by atoms with Gasteiger partial charge in [-0.2, -0.15) is 0 Å². The molecule has 0 aliphatic heterocycles. The molecule has 2 aromatic rings. The molecule has 1 aromatic heterocycles. The number of sulfonamides is 1. The highest BCUT2D eigenvalue weighted by atomic mass is 32.2. The van der Waals surface area contributed by atoms with E-state index >= 15 is 0 Å². The Labute approximate surface area is 135 Å². The highest BCUT2D eigenvalue weighted by molar-refractivity contribution is 7.89. The van der Waals surface area contributed by atoms with Gasteiger partial charge < -0.3 is 9.73 Å². The van der Waals surface area contributed by atoms with Gasteiger partial charge in [-0.15, -0.1) is 0 Å². The monoisotopic (exact) mass is 337 g/mol. The maximum absolute atomic E-state index is 12.3. The van der Waals surface area contributed by atoms with Gasteiger partial charge in [0.25, 0.3) is 5.91 Å². The number of nitrogens with one attached hydrogen (secondary N) is 1. The molecule has 2 rings (SSSR count). The molecule has 124 valence electrons. The Kier molecular flexibility index (Phi) is 5.17. The summed E-state index contributed by atoms with van der Waals surface area (Å²) in [5.74, 6) is -0.330. The summed E-state index contributed by atoms with van der Waals surface area (Å²) in [6.45, 7) is 2.08. The van der Waals surface area contributed by atoms with E-state index in [4.69, 9.17) is 4.42 Å². The molecular formula is C15H19N3O4S. The number of carbonyl (C=O) groups excluding carboxylic acids is 1. The van der Waals surface area contributed by atoms with Crippen LogP contribution in [0.15, 0.2) is 40.2 Å². The van der Waals surface area contributed by atoms with E-state index in [1.54, 1.807) is 19.1 Å². The molecular weight excluding hydrogens is 318 g/mol.